The van der Waals surface area contributed by atoms with Gasteiger partial charge in [-0.1, -0.05) is 72.1 Å². The maximum atomic E-state index is 2.60. The van der Waals surface area contributed by atoms with Crippen LogP contribution in [0.2, 0.25) is 0 Å². The van der Waals surface area contributed by atoms with E-state index in [1.54, 1.807) is 28.6 Å². The van der Waals surface area contributed by atoms with E-state index in [0.717, 1.165) is 5.92 Å². The molecule has 194 valence electrons. The van der Waals surface area contributed by atoms with Crippen LogP contribution in [0.5, 0.6) is 0 Å². The molecule has 0 aliphatic carbocycles. The highest BCUT2D eigenvalue weighted by Gasteiger charge is 2.45. The summed E-state index contributed by atoms with van der Waals surface area (Å²) >= 11 is 6.29. The molecule has 0 amide bonds. The van der Waals surface area contributed by atoms with E-state index in [9.17, 15) is 0 Å². The molecule has 0 N–H and O–H groups in total. The molecule has 0 radical (unpaired) electrons. The Balaban J connectivity index is 1.73. The van der Waals surface area contributed by atoms with Gasteiger partial charge in [-0.05, 0) is 75.5 Å². The minimum Gasteiger partial charge on any atom is -0.148 e. The Labute approximate surface area is 228 Å². The van der Waals surface area contributed by atoms with Crippen LogP contribution in [0.3, 0.4) is 0 Å². The lowest BCUT2D eigenvalue weighted by molar-refractivity contribution is 0.459. The second kappa shape index (κ2) is 12.8. The third-order valence-electron chi connectivity index (χ3n) is 7.52. The van der Waals surface area contributed by atoms with Crippen molar-refractivity contribution in [3.8, 4) is 9.75 Å². The second-order valence-corrected chi connectivity index (χ2v) is 17.6. The Bertz CT molecular complexity index is 1010. The summed E-state index contributed by atoms with van der Waals surface area (Å²) in [5.41, 5.74) is 0. The predicted octanol–water partition coefficient (Wildman–Crippen LogP) is 12.3. The van der Waals surface area contributed by atoms with E-state index in [4.69, 9.17) is 0 Å². The first-order chi connectivity index (χ1) is 17.0. The Kier molecular flexibility index (Phi) is 10.1. The summed E-state index contributed by atoms with van der Waals surface area (Å²) < 4.78 is 1.70. The number of thiophene rings is 3. The van der Waals surface area contributed by atoms with E-state index in [-0.39, 0.29) is 0 Å². The van der Waals surface area contributed by atoms with Crippen LogP contribution in [0, 0.1) is 19.8 Å². The fourth-order valence-electron chi connectivity index (χ4n) is 5.65. The van der Waals surface area contributed by atoms with Crippen LogP contribution < -0.4 is 0 Å². The van der Waals surface area contributed by atoms with E-state index in [2.05, 4.69) is 92.9 Å². The van der Waals surface area contributed by atoms with Gasteiger partial charge in [0.15, 0.2) is 0 Å². The summed E-state index contributed by atoms with van der Waals surface area (Å²) in [5.74, 6) is 2.21. The molecular formula is C31H46S4. The maximum Gasteiger partial charge on any atom is 0.0584 e. The van der Waals surface area contributed by atoms with Crippen molar-refractivity contribution in [1.29, 1.82) is 0 Å². The average Bonchev–Trinajstić information content (AvgIpc) is 3.60. The fraction of sp³-hybridized carbons (Fsp3) is 0.613. The third-order valence-corrected chi connectivity index (χ3v) is 16.0. The van der Waals surface area contributed by atoms with Crippen molar-refractivity contribution in [3.05, 3.63) is 38.9 Å². The molecule has 0 unspecified atom stereocenters. The summed E-state index contributed by atoms with van der Waals surface area (Å²) in [6, 6.07) is 10.3. The molecular weight excluding hydrogens is 501 g/mol. The van der Waals surface area contributed by atoms with Crippen LogP contribution in [0.25, 0.3) is 9.75 Å². The molecule has 3 aromatic heterocycles. The topological polar surface area (TPSA) is 0 Å². The first-order valence-electron chi connectivity index (χ1n) is 14.1. The van der Waals surface area contributed by atoms with Crippen molar-refractivity contribution in [1.82, 2.24) is 0 Å². The number of hydrogen-bond donors (Lipinski definition) is 0. The molecule has 0 fully saturated rings. The summed E-state index contributed by atoms with van der Waals surface area (Å²) in [5, 5.41) is 0. The Morgan fingerprint density at radius 3 is 1.83 bits per heavy atom. The lowest BCUT2D eigenvalue weighted by Gasteiger charge is -2.39. The van der Waals surface area contributed by atoms with Gasteiger partial charge in [0.25, 0.3) is 0 Å². The molecule has 0 saturated heterocycles. The Morgan fingerprint density at radius 2 is 1.26 bits per heavy atom. The number of unbranched alkanes of at least 4 members (excludes halogenated alkanes) is 6. The van der Waals surface area contributed by atoms with Gasteiger partial charge < -0.3 is 0 Å². The van der Waals surface area contributed by atoms with Crippen LogP contribution in [-0.4, -0.2) is 5.75 Å². The van der Waals surface area contributed by atoms with Crippen LogP contribution in [0.1, 0.15) is 106 Å². The molecule has 1 aliphatic heterocycles. The molecule has 35 heavy (non-hydrogen) atoms. The molecule has 0 atom stereocenters. The SMILES string of the molecule is CCCCCCCc1ccc(S2(CC(CCCC)CCCC)c3cc(C)sc3-c3sc(C)cc32)s1. The zero-order chi connectivity index (χ0) is 24.8. The predicted molar refractivity (Wildman–Crippen MR) is 164 cm³/mol. The molecule has 1 aliphatic rings. The number of fused-ring (bicyclic) bond motifs is 3. The third kappa shape index (κ3) is 5.97. The minimum atomic E-state index is -1.16. The molecule has 0 nitrogen and oxygen atoms in total. The zero-order valence-electron chi connectivity index (χ0n) is 22.7. The first kappa shape index (κ1) is 27.5. The normalized spacial score (nSPS) is 15.0. The van der Waals surface area contributed by atoms with Gasteiger partial charge in [-0.3, -0.25) is 0 Å². The van der Waals surface area contributed by atoms with Crippen molar-refractivity contribution in [2.45, 2.75) is 126 Å². The monoisotopic (exact) mass is 546 g/mol. The molecule has 3 aromatic rings. The van der Waals surface area contributed by atoms with Gasteiger partial charge in [-0.25, -0.2) is 0 Å². The highest BCUT2D eigenvalue weighted by Crippen LogP contribution is 2.80. The quantitative estimate of drug-likeness (QED) is 0.166. The van der Waals surface area contributed by atoms with E-state index < -0.39 is 10.0 Å². The van der Waals surface area contributed by atoms with Crippen molar-refractivity contribution >= 4 is 44.0 Å². The zero-order valence-corrected chi connectivity index (χ0v) is 26.0. The van der Waals surface area contributed by atoms with Crippen molar-refractivity contribution in [2.24, 2.45) is 5.92 Å². The molecule has 4 heteroatoms. The summed E-state index contributed by atoms with van der Waals surface area (Å²) in [6.45, 7) is 11.7. The summed E-state index contributed by atoms with van der Waals surface area (Å²) in [7, 11) is -1.16. The highest BCUT2D eigenvalue weighted by molar-refractivity contribution is 8.35. The first-order valence-corrected chi connectivity index (χ1v) is 18.4. The number of rotatable bonds is 15. The molecule has 0 aromatic carbocycles. The van der Waals surface area contributed by atoms with E-state index in [1.165, 1.54) is 92.6 Å². The Hall–Kier alpha value is -0.550. The minimum absolute atomic E-state index is 0.837. The smallest absolute Gasteiger partial charge is 0.0584 e. The highest BCUT2D eigenvalue weighted by atomic mass is 32.3. The standard InChI is InChI=1S/C31H46S4/c1-6-9-12-13-14-17-26-18-19-29(34-26)35(22-25(15-10-7-2)16-11-8-3)27-20-23(4)32-30(27)31-28(35)21-24(5)33-31/h18-21,25H,6-17,22H2,1-5H3. The lowest BCUT2D eigenvalue weighted by atomic mass is 9.98. The molecule has 4 heterocycles. The average molecular weight is 547 g/mol. The molecule has 0 bridgehead atoms. The van der Waals surface area contributed by atoms with Crippen molar-refractivity contribution in [2.75, 3.05) is 5.75 Å². The summed E-state index contributed by atoms with van der Waals surface area (Å²) in [6.07, 6.45) is 16.3. The van der Waals surface area contributed by atoms with Crippen molar-refractivity contribution < 1.29 is 0 Å². The van der Waals surface area contributed by atoms with Gasteiger partial charge in [-0.15, -0.1) is 44.0 Å². The van der Waals surface area contributed by atoms with Crippen LogP contribution in [-0.2, 0) is 6.42 Å². The van der Waals surface area contributed by atoms with Gasteiger partial charge >= 0.3 is 0 Å². The fourth-order valence-corrected chi connectivity index (χ4v) is 15.5. The van der Waals surface area contributed by atoms with Crippen LogP contribution >= 0.6 is 44.0 Å². The van der Waals surface area contributed by atoms with Gasteiger partial charge in [0.05, 0.1) is 14.0 Å². The van der Waals surface area contributed by atoms with Gasteiger partial charge in [-0.2, -0.15) is 0 Å². The van der Waals surface area contributed by atoms with Gasteiger partial charge in [0.1, 0.15) is 0 Å². The molecule has 0 saturated carbocycles. The number of hydrogen-bond acceptors (Lipinski definition) is 3. The van der Waals surface area contributed by atoms with E-state index in [0.29, 0.717) is 0 Å². The van der Waals surface area contributed by atoms with Crippen LogP contribution in [0.15, 0.2) is 38.3 Å². The van der Waals surface area contributed by atoms with E-state index >= 15 is 0 Å². The van der Waals surface area contributed by atoms with E-state index in [1.807, 2.05) is 0 Å². The largest absolute Gasteiger partial charge is 0.148 e. The maximum absolute atomic E-state index is 2.60. The van der Waals surface area contributed by atoms with Gasteiger partial charge in [0.2, 0.25) is 0 Å². The van der Waals surface area contributed by atoms with Gasteiger partial charge in [0, 0.05) is 24.4 Å². The molecule has 4 rings (SSSR count). The van der Waals surface area contributed by atoms with Crippen molar-refractivity contribution in [3.63, 3.8) is 0 Å². The Morgan fingerprint density at radius 1 is 0.686 bits per heavy atom. The lowest BCUT2D eigenvalue weighted by Crippen LogP contribution is -2.14. The second-order valence-electron chi connectivity index (χ2n) is 10.5. The van der Waals surface area contributed by atoms with Crippen LogP contribution in [0.4, 0.5) is 0 Å². The summed E-state index contributed by atoms with van der Waals surface area (Å²) in [4.78, 5) is 11.3. The number of aryl methyl sites for hydroxylation is 3. The molecule has 0 spiro atoms.